The number of benzene rings is 1. The first-order valence-corrected chi connectivity index (χ1v) is 11.9. The number of aromatic nitrogens is 2. The zero-order valence-corrected chi connectivity index (χ0v) is 19.5. The third kappa shape index (κ3) is 4.77. The molecular weight excluding hydrogens is 446 g/mol. The maximum absolute atomic E-state index is 13.0. The topological polar surface area (TPSA) is 92.4 Å². The summed E-state index contributed by atoms with van der Waals surface area (Å²) in [6, 6.07) is 9.23. The molecule has 7 nitrogen and oxygen atoms in total. The van der Waals surface area contributed by atoms with E-state index in [1.54, 1.807) is 0 Å². The Labute approximate surface area is 196 Å². The van der Waals surface area contributed by atoms with Crippen LogP contribution >= 0.6 is 22.9 Å². The van der Waals surface area contributed by atoms with Crippen LogP contribution in [0.15, 0.2) is 36.7 Å². The molecule has 2 N–H and O–H groups in total. The lowest BCUT2D eigenvalue weighted by Crippen LogP contribution is -2.61. The third-order valence-electron chi connectivity index (χ3n) is 6.05. The van der Waals surface area contributed by atoms with Crippen LogP contribution in [0.2, 0.25) is 4.34 Å². The first-order valence-electron chi connectivity index (χ1n) is 10.7. The number of aryl methyl sites for hydroxylation is 1. The van der Waals surface area contributed by atoms with Crippen molar-refractivity contribution < 1.29 is 9.59 Å². The normalized spacial score (nSPS) is 19.4. The average molecular weight is 472 g/mol. The SMILES string of the molecule is CC[C@H]1C(C=O)N(Cc2ccc3c(N)ncnc3c2)CCN1C(=O)CCc1ccc(Cl)s1. The molecule has 3 heterocycles. The number of nitrogens with two attached hydrogens (primary N) is 1. The van der Waals surface area contributed by atoms with Crippen LogP contribution in [0.3, 0.4) is 0 Å². The highest BCUT2D eigenvalue weighted by molar-refractivity contribution is 7.16. The van der Waals surface area contributed by atoms with E-state index in [0.717, 1.165) is 38.4 Å². The Bertz CT molecular complexity index is 1120. The highest BCUT2D eigenvalue weighted by atomic mass is 35.5. The second-order valence-corrected chi connectivity index (χ2v) is 9.78. The van der Waals surface area contributed by atoms with Gasteiger partial charge in [0.15, 0.2) is 0 Å². The molecule has 1 aromatic carbocycles. The van der Waals surface area contributed by atoms with E-state index in [1.807, 2.05) is 42.2 Å². The molecule has 4 rings (SSSR count). The van der Waals surface area contributed by atoms with Gasteiger partial charge in [-0.15, -0.1) is 11.3 Å². The Balaban J connectivity index is 1.45. The summed E-state index contributed by atoms with van der Waals surface area (Å²) in [4.78, 5) is 38.6. The molecule has 2 atom stereocenters. The van der Waals surface area contributed by atoms with Crippen LogP contribution in [0.4, 0.5) is 5.82 Å². The average Bonchev–Trinajstić information content (AvgIpc) is 3.22. The summed E-state index contributed by atoms with van der Waals surface area (Å²) in [6.07, 6.45) is 4.24. The fourth-order valence-corrected chi connectivity index (χ4v) is 5.51. The standard InChI is InChI=1S/C23H26ClN5O2S/c1-2-19-20(13-30)28(12-15-3-6-17-18(11-15)26-14-27-23(17)25)9-10-29(19)22(31)8-5-16-4-7-21(24)32-16/h3-4,6-7,11,13-14,19-20H,2,5,8-10,12H2,1H3,(H2,25,26,27)/t19-,20?/m0/s1. The number of rotatable bonds is 7. The van der Waals surface area contributed by atoms with Crippen LogP contribution in [0.1, 0.15) is 30.2 Å². The number of anilines is 1. The molecule has 0 spiro atoms. The Hall–Kier alpha value is -2.55. The van der Waals surface area contributed by atoms with Crippen LogP contribution < -0.4 is 5.73 Å². The minimum Gasteiger partial charge on any atom is -0.383 e. The number of aldehydes is 1. The van der Waals surface area contributed by atoms with Crippen molar-refractivity contribution >= 4 is 51.9 Å². The molecule has 32 heavy (non-hydrogen) atoms. The number of fused-ring (bicyclic) bond motifs is 1. The molecule has 9 heteroatoms. The minimum atomic E-state index is -0.347. The molecule has 1 aliphatic heterocycles. The summed E-state index contributed by atoms with van der Waals surface area (Å²) >= 11 is 7.50. The van der Waals surface area contributed by atoms with Gasteiger partial charge in [0.2, 0.25) is 5.91 Å². The Morgan fingerprint density at radius 1 is 1.28 bits per heavy atom. The first kappa shape index (κ1) is 22.6. The van der Waals surface area contributed by atoms with E-state index < -0.39 is 0 Å². The molecule has 1 saturated heterocycles. The Morgan fingerprint density at radius 2 is 2.12 bits per heavy atom. The lowest BCUT2D eigenvalue weighted by Gasteiger charge is -2.45. The van der Waals surface area contributed by atoms with Gasteiger partial charge in [-0.05, 0) is 42.7 Å². The van der Waals surface area contributed by atoms with E-state index in [2.05, 4.69) is 14.9 Å². The predicted molar refractivity (Wildman–Crippen MR) is 128 cm³/mol. The van der Waals surface area contributed by atoms with Crippen molar-refractivity contribution in [3.8, 4) is 0 Å². The van der Waals surface area contributed by atoms with Gasteiger partial charge in [-0.1, -0.05) is 24.6 Å². The van der Waals surface area contributed by atoms with Crippen molar-refractivity contribution in [2.75, 3.05) is 18.8 Å². The third-order valence-corrected chi connectivity index (χ3v) is 7.34. The van der Waals surface area contributed by atoms with E-state index >= 15 is 0 Å². The highest BCUT2D eigenvalue weighted by Gasteiger charge is 2.37. The van der Waals surface area contributed by atoms with E-state index in [4.69, 9.17) is 17.3 Å². The van der Waals surface area contributed by atoms with Crippen LogP contribution in [0, 0.1) is 0 Å². The number of nitrogen functional groups attached to an aromatic ring is 1. The predicted octanol–water partition coefficient (Wildman–Crippen LogP) is 3.55. The fourth-order valence-electron chi connectivity index (χ4n) is 4.43. The minimum absolute atomic E-state index is 0.0887. The monoisotopic (exact) mass is 471 g/mol. The summed E-state index contributed by atoms with van der Waals surface area (Å²) < 4.78 is 0.733. The van der Waals surface area contributed by atoms with Gasteiger partial charge < -0.3 is 15.4 Å². The van der Waals surface area contributed by atoms with E-state index in [9.17, 15) is 9.59 Å². The highest BCUT2D eigenvalue weighted by Crippen LogP contribution is 2.26. The molecule has 0 aliphatic carbocycles. The van der Waals surface area contributed by atoms with Gasteiger partial charge in [0.25, 0.3) is 0 Å². The van der Waals surface area contributed by atoms with Gasteiger partial charge in [0.05, 0.1) is 21.9 Å². The first-order chi connectivity index (χ1) is 15.5. The fraction of sp³-hybridized carbons (Fsp3) is 0.391. The van der Waals surface area contributed by atoms with Gasteiger partial charge in [-0.2, -0.15) is 0 Å². The molecule has 3 aromatic rings. The zero-order valence-electron chi connectivity index (χ0n) is 17.9. The number of nitrogens with zero attached hydrogens (tertiary/aromatic N) is 4. The van der Waals surface area contributed by atoms with E-state index in [-0.39, 0.29) is 18.0 Å². The second-order valence-electron chi connectivity index (χ2n) is 7.98. The Morgan fingerprint density at radius 3 is 2.84 bits per heavy atom. The molecule has 1 amide bonds. The van der Waals surface area contributed by atoms with Crippen LogP contribution in [-0.2, 0) is 22.6 Å². The molecule has 2 aromatic heterocycles. The van der Waals surface area contributed by atoms with Crippen molar-refractivity contribution in [3.63, 3.8) is 0 Å². The molecule has 1 unspecified atom stereocenters. The smallest absolute Gasteiger partial charge is 0.223 e. The molecular formula is C23H26ClN5O2S. The quantitative estimate of drug-likeness (QED) is 0.530. The number of amides is 1. The summed E-state index contributed by atoms with van der Waals surface area (Å²) in [5.74, 6) is 0.543. The number of halogens is 1. The number of piperazine rings is 1. The van der Waals surface area contributed by atoms with Crippen molar-refractivity contribution in [2.45, 2.75) is 44.8 Å². The second kappa shape index (κ2) is 9.94. The number of hydrogen-bond acceptors (Lipinski definition) is 7. The molecule has 168 valence electrons. The zero-order chi connectivity index (χ0) is 22.7. The molecule has 0 radical (unpaired) electrons. The van der Waals surface area contributed by atoms with Crippen LogP contribution in [-0.4, -0.2) is 57.1 Å². The van der Waals surface area contributed by atoms with Gasteiger partial charge >= 0.3 is 0 Å². The maximum atomic E-state index is 13.0. The van der Waals surface area contributed by atoms with Gasteiger partial charge in [-0.25, -0.2) is 9.97 Å². The number of carbonyl (C=O) groups is 2. The number of hydrogen-bond donors (Lipinski definition) is 1. The van der Waals surface area contributed by atoms with Gasteiger partial charge in [0.1, 0.15) is 18.4 Å². The van der Waals surface area contributed by atoms with Crippen molar-refractivity contribution in [3.05, 3.63) is 51.4 Å². The maximum Gasteiger partial charge on any atom is 0.223 e. The van der Waals surface area contributed by atoms with Crippen LogP contribution in [0.25, 0.3) is 10.9 Å². The van der Waals surface area contributed by atoms with Crippen LogP contribution in [0.5, 0.6) is 0 Å². The number of thiophene rings is 1. The van der Waals surface area contributed by atoms with E-state index in [0.29, 0.717) is 38.3 Å². The lowest BCUT2D eigenvalue weighted by atomic mass is 9.98. The molecule has 1 fully saturated rings. The largest absolute Gasteiger partial charge is 0.383 e. The van der Waals surface area contributed by atoms with Gasteiger partial charge in [-0.3, -0.25) is 9.69 Å². The molecule has 0 bridgehead atoms. The summed E-state index contributed by atoms with van der Waals surface area (Å²) in [5, 5.41) is 0.817. The molecule has 1 aliphatic rings. The summed E-state index contributed by atoms with van der Waals surface area (Å²) in [6.45, 7) is 3.88. The molecule has 0 saturated carbocycles. The van der Waals surface area contributed by atoms with Crippen molar-refractivity contribution in [2.24, 2.45) is 0 Å². The number of carbonyl (C=O) groups excluding carboxylic acids is 2. The van der Waals surface area contributed by atoms with Crippen molar-refractivity contribution in [1.82, 2.24) is 19.8 Å². The van der Waals surface area contributed by atoms with Crippen molar-refractivity contribution in [1.29, 1.82) is 0 Å². The Kier molecular flexibility index (Phi) is 7.03. The van der Waals surface area contributed by atoms with E-state index in [1.165, 1.54) is 17.7 Å². The van der Waals surface area contributed by atoms with Gasteiger partial charge in [0, 0.05) is 36.3 Å². The summed E-state index contributed by atoms with van der Waals surface area (Å²) in [7, 11) is 0. The lowest BCUT2D eigenvalue weighted by molar-refractivity contribution is -0.140. The summed E-state index contributed by atoms with van der Waals surface area (Å²) in [5.41, 5.74) is 7.76.